The molecule has 0 bridgehead atoms. The summed E-state index contributed by atoms with van der Waals surface area (Å²) in [6, 6.07) is 14.2. The zero-order valence-electron chi connectivity index (χ0n) is 12.1. The van der Waals surface area contributed by atoms with E-state index in [1.54, 1.807) is 25.3 Å². The fraction of sp³-hybridized carbons (Fsp3) is 0.0556. The molecule has 0 atom stereocenters. The summed E-state index contributed by atoms with van der Waals surface area (Å²) in [5.74, 6) is 1.62. The van der Waals surface area contributed by atoms with E-state index in [0.29, 0.717) is 33.8 Å². The lowest BCUT2D eigenvalue weighted by atomic mass is 10.2. The highest BCUT2D eigenvalue weighted by Gasteiger charge is 2.12. The summed E-state index contributed by atoms with van der Waals surface area (Å²) in [6.07, 6.45) is 0. The molecule has 0 amide bonds. The van der Waals surface area contributed by atoms with Crippen molar-refractivity contribution in [3.05, 3.63) is 63.2 Å². The van der Waals surface area contributed by atoms with E-state index in [1.807, 2.05) is 24.3 Å². The van der Waals surface area contributed by atoms with Gasteiger partial charge in [-0.15, -0.1) is 0 Å². The van der Waals surface area contributed by atoms with Gasteiger partial charge in [-0.05, 0) is 36.4 Å². The first kappa shape index (κ1) is 14.1. The fourth-order valence-corrected chi connectivity index (χ4v) is 2.87. The number of hydrogen-bond acceptors (Lipinski definition) is 4. The summed E-state index contributed by atoms with van der Waals surface area (Å²) in [4.78, 5) is 12.3. The standard InChI is InChI=1S/C18H11BrO4/c1-21-12-4-2-10-6-17(23-16(10)8-12)18-9-14(20)13-7-11(19)3-5-15(13)22-18/h2-9H,1H3. The van der Waals surface area contributed by atoms with Gasteiger partial charge in [-0.2, -0.15) is 0 Å². The number of rotatable bonds is 2. The second-order valence-electron chi connectivity index (χ2n) is 5.13. The van der Waals surface area contributed by atoms with E-state index in [-0.39, 0.29) is 5.43 Å². The van der Waals surface area contributed by atoms with Crippen LogP contribution in [0.1, 0.15) is 0 Å². The molecule has 0 N–H and O–H groups in total. The minimum Gasteiger partial charge on any atom is -0.497 e. The first-order chi connectivity index (χ1) is 11.1. The summed E-state index contributed by atoms with van der Waals surface area (Å²) in [5.41, 5.74) is 1.09. The number of halogens is 1. The minimum atomic E-state index is -0.111. The maximum atomic E-state index is 12.3. The second kappa shape index (κ2) is 5.28. The van der Waals surface area contributed by atoms with Gasteiger partial charge < -0.3 is 13.6 Å². The molecule has 2 aromatic carbocycles. The van der Waals surface area contributed by atoms with Crippen LogP contribution in [0.3, 0.4) is 0 Å². The van der Waals surface area contributed by atoms with E-state index in [4.69, 9.17) is 13.6 Å². The predicted octanol–water partition coefficient (Wildman–Crippen LogP) is 4.98. The highest BCUT2D eigenvalue weighted by atomic mass is 79.9. The molecule has 4 rings (SSSR count). The van der Waals surface area contributed by atoms with E-state index >= 15 is 0 Å². The van der Waals surface area contributed by atoms with Gasteiger partial charge in [0.2, 0.25) is 0 Å². The lowest BCUT2D eigenvalue weighted by molar-refractivity contribution is 0.414. The van der Waals surface area contributed by atoms with Crippen molar-refractivity contribution in [2.75, 3.05) is 7.11 Å². The summed E-state index contributed by atoms with van der Waals surface area (Å²) >= 11 is 3.36. The van der Waals surface area contributed by atoms with Crippen molar-refractivity contribution in [2.45, 2.75) is 0 Å². The van der Waals surface area contributed by atoms with Crippen LogP contribution in [0.15, 0.2) is 66.6 Å². The summed E-state index contributed by atoms with van der Waals surface area (Å²) in [6.45, 7) is 0. The smallest absolute Gasteiger partial charge is 0.193 e. The van der Waals surface area contributed by atoms with Crippen LogP contribution in [-0.4, -0.2) is 7.11 Å². The Bertz CT molecular complexity index is 1090. The van der Waals surface area contributed by atoms with Crippen molar-refractivity contribution in [1.29, 1.82) is 0 Å². The molecule has 4 nitrogen and oxygen atoms in total. The quantitative estimate of drug-likeness (QED) is 0.499. The van der Waals surface area contributed by atoms with Gasteiger partial charge in [-0.3, -0.25) is 4.79 Å². The van der Waals surface area contributed by atoms with E-state index in [2.05, 4.69) is 15.9 Å². The number of fused-ring (bicyclic) bond motifs is 2. The van der Waals surface area contributed by atoms with E-state index < -0.39 is 0 Å². The number of benzene rings is 2. The largest absolute Gasteiger partial charge is 0.497 e. The molecule has 2 heterocycles. The fourth-order valence-electron chi connectivity index (χ4n) is 2.51. The van der Waals surface area contributed by atoms with Crippen LogP contribution >= 0.6 is 15.9 Å². The third kappa shape index (κ3) is 2.43. The van der Waals surface area contributed by atoms with Crippen LogP contribution < -0.4 is 10.2 Å². The van der Waals surface area contributed by atoms with Gasteiger partial charge in [0.25, 0.3) is 0 Å². The van der Waals surface area contributed by atoms with Crippen LogP contribution in [0.2, 0.25) is 0 Å². The van der Waals surface area contributed by atoms with Gasteiger partial charge >= 0.3 is 0 Å². The average Bonchev–Trinajstić information content (AvgIpc) is 2.98. The van der Waals surface area contributed by atoms with Crippen molar-refractivity contribution in [1.82, 2.24) is 0 Å². The zero-order valence-corrected chi connectivity index (χ0v) is 13.7. The topological polar surface area (TPSA) is 52.6 Å². The Morgan fingerprint density at radius 3 is 2.52 bits per heavy atom. The Kier molecular flexibility index (Phi) is 3.23. The molecule has 0 aliphatic heterocycles. The highest BCUT2D eigenvalue weighted by molar-refractivity contribution is 9.10. The first-order valence-electron chi connectivity index (χ1n) is 6.95. The van der Waals surface area contributed by atoms with Crippen molar-refractivity contribution < 1.29 is 13.6 Å². The second-order valence-corrected chi connectivity index (χ2v) is 6.05. The van der Waals surface area contributed by atoms with Gasteiger partial charge in [-0.25, -0.2) is 0 Å². The van der Waals surface area contributed by atoms with Gasteiger partial charge in [0, 0.05) is 22.0 Å². The number of methoxy groups -OCH3 is 1. The van der Waals surface area contributed by atoms with Crippen LogP contribution in [0.4, 0.5) is 0 Å². The Hall–Kier alpha value is -2.53. The summed E-state index contributed by atoms with van der Waals surface area (Å²) in [7, 11) is 1.60. The molecule has 0 aliphatic rings. The number of ether oxygens (including phenoxy) is 1. The van der Waals surface area contributed by atoms with Gasteiger partial charge in [0.05, 0.1) is 12.5 Å². The monoisotopic (exact) mass is 370 g/mol. The van der Waals surface area contributed by atoms with E-state index in [1.165, 1.54) is 6.07 Å². The Labute approximate surface area is 139 Å². The van der Waals surface area contributed by atoms with Crippen molar-refractivity contribution in [3.8, 4) is 17.3 Å². The molecule has 2 aromatic heterocycles. The molecule has 0 fully saturated rings. The van der Waals surface area contributed by atoms with Gasteiger partial charge in [0.15, 0.2) is 16.9 Å². The van der Waals surface area contributed by atoms with E-state index in [9.17, 15) is 4.79 Å². The molecular weight excluding hydrogens is 360 g/mol. The molecule has 114 valence electrons. The summed E-state index contributed by atoms with van der Waals surface area (Å²) in [5, 5.41) is 1.44. The Balaban J connectivity index is 1.91. The molecule has 0 radical (unpaired) electrons. The number of hydrogen-bond donors (Lipinski definition) is 0. The van der Waals surface area contributed by atoms with Gasteiger partial charge in [-0.1, -0.05) is 15.9 Å². The first-order valence-corrected chi connectivity index (χ1v) is 7.75. The van der Waals surface area contributed by atoms with E-state index in [0.717, 1.165) is 9.86 Å². The molecule has 23 heavy (non-hydrogen) atoms. The minimum absolute atomic E-state index is 0.111. The zero-order chi connectivity index (χ0) is 16.0. The van der Waals surface area contributed by atoms with Crippen molar-refractivity contribution in [2.24, 2.45) is 0 Å². The van der Waals surface area contributed by atoms with Crippen LogP contribution in [-0.2, 0) is 0 Å². The molecule has 0 aliphatic carbocycles. The van der Waals surface area contributed by atoms with Crippen molar-refractivity contribution in [3.63, 3.8) is 0 Å². The molecule has 0 saturated heterocycles. The van der Waals surface area contributed by atoms with Crippen LogP contribution in [0.25, 0.3) is 33.5 Å². The molecule has 4 aromatic rings. The third-order valence-corrected chi connectivity index (χ3v) is 4.15. The summed E-state index contributed by atoms with van der Waals surface area (Å²) < 4.78 is 17.6. The molecule has 5 heteroatoms. The van der Waals surface area contributed by atoms with Crippen LogP contribution in [0, 0.1) is 0 Å². The molecule has 0 saturated carbocycles. The number of furan rings is 1. The molecular formula is C18H11BrO4. The van der Waals surface area contributed by atoms with Gasteiger partial charge in [0.1, 0.15) is 16.9 Å². The molecule has 0 unspecified atom stereocenters. The maximum Gasteiger partial charge on any atom is 0.193 e. The molecule has 0 spiro atoms. The maximum absolute atomic E-state index is 12.3. The normalized spacial score (nSPS) is 11.2. The predicted molar refractivity (Wildman–Crippen MR) is 91.9 cm³/mol. The third-order valence-electron chi connectivity index (χ3n) is 3.66. The lowest BCUT2D eigenvalue weighted by Crippen LogP contribution is -1.99. The van der Waals surface area contributed by atoms with Crippen molar-refractivity contribution >= 4 is 37.9 Å². The Morgan fingerprint density at radius 2 is 1.70 bits per heavy atom. The lowest BCUT2D eigenvalue weighted by Gasteiger charge is -2.00. The highest BCUT2D eigenvalue weighted by Crippen LogP contribution is 2.31. The van der Waals surface area contributed by atoms with Crippen LogP contribution in [0.5, 0.6) is 5.75 Å². The Morgan fingerprint density at radius 1 is 0.913 bits per heavy atom. The average molecular weight is 371 g/mol. The SMILES string of the molecule is COc1ccc2cc(-c3cc(=O)c4cc(Br)ccc4o3)oc2c1.